The standard InChI is InChI=1S/C39H50N4O5S/c1-5-29(6-2)49(46,47)40-37(44)25-12-16-31-34(18-25)42-23-39(38(45)43-26-13-14-27(43)22-41(3)21-26)20-33(39)32-19-28(48-4)15-17-30(32)36(42)35(31)24-10-8-7-9-11-24/h12,15-19,24,26-27,29,33H,5-11,13-14,20-23H2,1-4H3,(H,40,44). The SMILES string of the molecule is CCC(CC)S(=O)(=O)NC(=O)c1ccc2c(C3CCCCC3)c3n(c2c1)CC1(C(=O)N2C4CCC2CN(C)C4)CC1c1cc(OC)ccc1-3. The van der Waals surface area contributed by atoms with Crippen LogP contribution >= 0.6 is 0 Å². The molecule has 0 radical (unpaired) electrons. The number of hydrogen-bond acceptors (Lipinski definition) is 6. The Morgan fingerprint density at radius 3 is 2.37 bits per heavy atom. The van der Waals surface area contributed by atoms with Crippen LogP contribution in [0.4, 0.5) is 0 Å². The first-order valence-electron chi connectivity index (χ1n) is 18.5. The molecule has 3 aliphatic heterocycles. The maximum Gasteiger partial charge on any atom is 0.264 e. The summed E-state index contributed by atoms with van der Waals surface area (Å²) in [5.74, 6) is 0.910. The lowest BCUT2D eigenvalue weighted by molar-refractivity contribution is -0.143. The summed E-state index contributed by atoms with van der Waals surface area (Å²) in [4.78, 5) is 33.3. The van der Waals surface area contributed by atoms with E-state index in [0.717, 1.165) is 73.1 Å². The van der Waals surface area contributed by atoms with Crippen molar-refractivity contribution in [3.05, 3.63) is 53.1 Å². The number of carbonyl (C=O) groups is 2. The van der Waals surface area contributed by atoms with E-state index < -0.39 is 26.6 Å². The van der Waals surface area contributed by atoms with Gasteiger partial charge >= 0.3 is 0 Å². The second kappa shape index (κ2) is 12.1. The Labute approximate surface area is 290 Å². The predicted octanol–water partition coefficient (Wildman–Crippen LogP) is 6.41. The van der Waals surface area contributed by atoms with E-state index in [1.807, 2.05) is 32.0 Å². The number of amides is 2. The van der Waals surface area contributed by atoms with Crippen LogP contribution in [0.5, 0.6) is 5.75 Å². The molecule has 5 aliphatic rings. The lowest BCUT2D eigenvalue weighted by atomic mass is 9.81. The maximum atomic E-state index is 15.0. The lowest BCUT2D eigenvalue weighted by Crippen LogP contribution is -2.57. The molecule has 10 heteroatoms. The second-order valence-corrected chi connectivity index (χ2v) is 17.5. The highest BCUT2D eigenvalue weighted by Crippen LogP contribution is 2.66. The number of aromatic nitrogens is 1. The summed E-state index contributed by atoms with van der Waals surface area (Å²) < 4.78 is 36.7. The maximum absolute atomic E-state index is 15.0. The summed E-state index contributed by atoms with van der Waals surface area (Å²) in [5.41, 5.74) is 5.44. The summed E-state index contributed by atoms with van der Waals surface area (Å²) in [7, 11) is 0.0406. The fraction of sp³-hybridized carbons (Fsp3) is 0.590. The van der Waals surface area contributed by atoms with E-state index in [4.69, 9.17) is 4.74 Å². The van der Waals surface area contributed by atoms with Crippen LogP contribution in [0.1, 0.15) is 111 Å². The molecule has 4 heterocycles. The molecule has 2 saturated carbocycles. The number of nitrogens with one attached hydrogen (secondary N) is 1. The van der Waals surface area contributed by atoms with E-state index in [-0.39, 0.29) is 23.9 Å². The second-order valence-electron chi connectivity index (χ2n) is 15.5. The van der Waals surface area contributed by atoms with Gasteiger partial charge in [-0.05, 0) is 99.4 Å². The zero-order valence-electron chi connectivity index (χ0n) is 29.3. The van der Waals surface area contributed by atoms with Crippen molar-refractivity contribution >= 4 is 32.7 Å². The summed E-state index contributed by atoms with van der Waals surface area (Å²) >= 11 is 0. The van der Waals surface area contributed by atoms with Gasteiger partial charge in [0.25, 0.3) is 5.91 Å². The molecule has 8 rings (SSSR count). The van der Waals surface area contributed by atoms with E-state index in [1.54, 1.807) is 13.2 Å². The monoisotopic (exact) mass is 686 g/mol. The van der Waals surface area contributed by atoms with Gasteiger partial charge in [-0.1, -0.05) is 39.2 Å². The van der Waals surface area contributed by atoms with Gasteiger partial charge in [-0.3, -0.25) is 9.59 Å². The Morgan fingerprint density at radius 1 is 0.980 bits per heavy atom. The van der Waals surface area contributed by atoms with E-state index in [9.17, 15) is 13.2 Å². The van der Waals surface area contributed by atoms with Crippen molar-refractivity contribution in [2.45, 2.75) is 114 Å². The minimum absolute atomic E-state index is 0.0787. The quantitative estimate of drug-likeness (QED) is 0.294. The number of methoxy groups -OCH3 is 1. The highest BCUT2D eigenvalue weighted by molar-refractivity contribution is 7.90. The molecule has 2 aliphatic carbocycles. The van der Waals surface area contributed by atoms with Crippen LogP contribution in [0.3, 0.4) is 0 Å². The Balaban J connectivity index is 1.30. The molecular formula is C39H50N4O5S. The molecule has 4 unspecified atom stereocenters. The number of benzene rings is 2. The van der Waals surface area contributed by atoms with Crippen molar-refractivity contribution in [3.63, 3.8) is 0 Å². The number of fused-ring (bicyclic) bond motifs is 9. The van der Waals surface area contributed by atoms with E-state index in [0.29, 0.717) is 30.9 Å². The minimum Gasteiger partial charge on any atom is -0.497 e. The zero-order valence-corrected chi connectivity index (χ0v) is 30.2. The first kappa shape index (κ1) is 32.8. The van der Waals surface area contributed by atoms with Gasteiger partial charge in [-0.2, -0.15) is 0 Å². The Kier molecular flexibility index (Phi) is 8.13. The third-order valence-corrected chi connectivity index (χ3v) is 14.7. The van der Waals surface area contributed by atoms with Gasteiger partial charge < -0.3 is 19.1 Å². The van der Waals surface area contributed by atoms with Crippen LogP contribution in [0.2, 0.25) is 0 Å². The first-order valence-corrected chi connectivity index (χ1v) is 20.1. The molecule has 3 aromatic rings. The number of likely N-dealkylation sites (N-methyl/N-ethyl adjacent to an activating group) is 1. The average molecular weight is 687 g/mol. The summed E-state index contributed by atoms with van der Waals surface area (Å²) in [6.45, 7) is 6.02. The van der Waals surface area contributed by atoms with Gasteiger partial charge in [-0.15, -0.1) is 0 Å². The third-order valence-electron chi connectivity index (χ3n) is 12.7. The van der Waals surface area contributed by atoms with E-state index in [1.165, 1.54) is 30.4 Å². The number of nitrogens with zero attached hydrogens (tertiary/aromatic N) is 3. The highest BCUT2D eigenvalue weighted by atomic mass is 32.2. The molecule has 0 spiro atoms. The average Bonchev–Trinajstić information content (AvgIpc) is 3.68. The molecule has 2 aromatic carbocycles. The van der Waals surface area contributed by atoms with Crippen molar-refractivity contribution in [3.8, 4) is 17.0 Å². The summed E-state index contributed by atoms with van der Waals surface area (Å²) in [5, 5.41) is 0.475. The molecule has 2 bridgehead atoms. The molecule has 9 nitrogen and oxygen atoms in total. The normalized spacial score (nSPS) is 26.6. The van der Waals surface area contributed by atoms with Crippen LogP contribution in [-0.2, 0) is 21.4 Å². The van der Waals surface area contributed by atoms with Crippen molar-refractivity contribution < 1.29 is 22.7 Å². The third kappa shape index (κ3) is 5.22. The molecule has 1 N–H and O–H groups in total. The van der Waals surface area contributed by atoms with Gasteiger partial charge in [0, 0.05) is 59.7 Å². The number of sulfonamides is 1. The van der Waals surface area contributed by atoms with Crippen LogP contribution in [0.15, 0.2) is 36.4 Å². The van der Waals surface area contributed by atoms with Crippen molar-refractivity contribution in [2.75, 3.05) is 27.2 Å². The smallest absolute Gasteiger partial charge is 0.264 e. The van der Waals surface area contributed by atoms with Gasteiger partial charge in [0.2, 0.25) is 15.9 Å². The predicted molar refractivity (Wildman–Crippen MR) is 191 cm³/mol. The van der Waals surface area contributed by atoms with Gasteiger partial charge in [0.15, 0.2) is 0 Å². The Bertz CT molecular complexity index is 1910. The van der Waals surface area contributed by atoms with Gasteiger partial charge in [0.1, 0.15) is 5.75 Å². The molecular weight excluding hydrogens is 637 g/mol. The highest BCUT2D eigenvalue weighted by Gasteiger charge is 2.65. The number of piperazine rings is 1. The van der Waals surface area contributed by atoms with Gasteiger partial charge in [-0.25, -0.2) is 13.1 Å². The largest absolute Gasteiger partial charge is 0.497 e. The Morgan fingerprint density at radius 2 is 1.69 bits per heavy atom. The van der Waals surface area contributed by atoms with Crippen LogP contribution in [0, 0.1) is 5.41 Å². The molecule has 4 atom stereocenters. The van der Waals surface area contributed by atoms with E-state index >= 15 is 4.79 Å². The molecule has 4 fully saturated rings. The first-order chi connectivity index (χ1) is 23.6. The van der Waals surface area contributed by atoms with Crippen molar-refractivity contribution in [1.29, 1.82) is 0 Å². The molecule has 2 saturated heterocycles. The van der Waals surface area contributed by atoms with Gasteiger partial charge in [0.05, 0.1) is 23.5 Å². The fourth-order valence-electron chi connectivity index (χ4n) is 10.1. The van der Waals surface area contributed by atoms with Crippen LogP contribution in [-0.4, -0.2) is 79.2 Å². The number of hydrogen-bond donors (Lipinski definition) is 1. The fourth-order valence-corrected chi connectivity index (χ4v) is 11.5. The topological polar surface area (TPSA) is 101 Å². The zero-order chi connectivity index (χ0) is 34.2. The van der Waals surface area contributed by atoms with E-state index in [2.05, 4.69) is 38.3 Å². The number of rotatable bonds is 8. The molecule has 262 valence electrons. The Hall–Kier alpha value is -3.37. The summed E-state index contributed by atoms with van der Waals surface area (Å²) in [6.07, 6.45) is 9.55. The molecule has 2 amide bonds. The van der Waals surface area contributed by atoms with Crippen LogP contribution < -0.4 is 9.46 Å². The molecule has 1 aromatic heterocycles. The molecule has 49 heavy (non-hydrogen) atoms. The van der Waals surface area contributed by atoms with Crippen molar-refractivity contribution in [2.24, 2.45) is 5.41 Å². The minimum atomic E-state index is -3.82. The van der Waals surface area contributed by atoms with Crippen molar-refractivity contribution in [1.82, 2.24) is 19.1 Å². The van der Waals surface area contributed by atoms with Crippen LogP contribution in [0.25, 0.3) is 22.2 Å². The lowest BCUT2D eigenvalue weighted by Gasteiger charge is -2.41. The number of carbonyl (C=O) groups excluding carboxylic acids is 2. The number of ether oxygens (including phenoxy) is 1. The number of likely N-dealkylation sites (tertiary alicyclic amines) is 1. The summed E-state index contributed by atoms with van der Waals surface area (Å²) in [6, 6.07) is 12.5.